The van der Waals surface area contributed by atoms with Gasteiger partial charge in [0.25, 0.3) is 0 Å². The smallest absolute Gasteiger partial charge is 0.160 e. The maximum absolute atomic E-state index is 9.04. The first-order valence-corrected chi connectivity index (χ1v) is 9.19. The zero-order valence-corrected chi connectivity index (χ0v) is 16.7. The van der Waals surface area contributed by atoms with E-state index >= 15 is 0 Å². The second kappa shape index (κ2) is 9.42. The van der Waals surface area contributed by atoms with Crippen molar-refractivity contribution in [2.24, 2.45) is 0 Å². The van der Waals surface area contributed by atoms with Crippen LogP contribution in [0, 0.1) is 18.3 Å². The number of aryl methyl sites for hydroxylation is 1. The lowest BCUT2D eigenvalue weighted by Crippen LogP contribution is -2.08. The fraction of sp³-hybridized carbons (Fsp3) is 0.227. The van der Waals surface area contributed by atoms with E-state index in [2.05, 4.69) is 26.7 Å². The largest absolute Gasteiger partial charge is 0.493 e. The number of rotatable bonds is 8. The SMILES string of the molecule is COc1ccc(CCNc2cc(Nc3cccc(C#N)c3)nc(C)n2)cc1OC. The molecule has 2 N–H and O–H groups in total. The van der Waals surface area contributed by atoms with Gasteiger partial charge in [0.2, 0.25) is 0 Å². The van der Waals surface area contributed by atoms with E-state index in [4.69, 9.17) is 14.7 Å². The number of hydrogen-bond acceptors (Lipinski definition) is 7. The molecule has 0 radical (unpaired) electrons. The predicted molar refractivity (Wildman–Crippen MR) is 113 cm³/mol. The second-order valence-corrected chi connectivity index (χ2v) is 6.37. The topological polar surface area (TPSA) is 92.1 Å². The summed E-state index contributed by atoms with van der Waals surface area (Å²) in [7, 11) is 3.25. The van der Waals surface area contributed by atoms with Crippen LogP contribution in [0.2, 0.25) is 0 Å². The molecule has 7 nitrogen and oxygen atoms in total. The van der Waals surface area contributed by atoms with E-state index in [9.17, 15) is 0 Å². The number of hydrogen-bond donors (Lipinski definition) is 2. The van der Waals surface area contributed by atoms with Crippen LogP contribution in [-0.2, 0) is 6.42 Å². The molecule has 0 spiro atoms. The highest BCUT2D eigenvalue weighted by Crippen LogP contribution is 2.27. The quantitative estimate of drug-likeness (QED) is 0.600. The number of nitriles is 1. The molecule has 0 aliphatic carbocycles. The maximum Gasteiger partial charge on any atom is 0.160 e. The first-order valence-electron chi connectivity index (χ1n) is 9.19. The van der Waals surface area contributed by atoms with E-state index < -0.39 is 0 Å². The number of methoxy groups -OCH3 is 2. The zero-order chi connectivity index (χ0) is 20.6. The molecule has 3 rings (SSSR count). The number of anilines is 3. The van der Waals surface area contributed by atoms with Gasteiger partial charge in [-0.2, -0.15) is 5.26 Å². The Morgan fingerprint density at radius 3 is 2.52 bits per heavy atom. The van der Waals surface area contributed by atoms with Gasteiger partial charge in [0.1, 0.15) is 17.5 Å². The summed E-state index contributed by atoms with van der Waals surface area (Å²) in [5.41, 5.74) is 2.53. The minimum Gasteiger partial charge on any atom is -0.493 e. The van der Waals surface area contributed by atoms with Crippen molar-refractivity contribution in [3.8, 4) is 17.6 Å². The molecule has 0 aliphatic heterocycles. The van der Waals surface area contributed by atoms with Crippen LogP contribution >= 0.6 is 0 Å². The van der Waals surface area contributed by atoms with E-state index in [0.717, 1.165) is 23.5 Å². The summed E-state index contributed by atoms with van der Waals surface area (Å²) in [6, 6.07) is 17.1. The van der Waals surface area contributed by atoms with Crippen molar-refractivity contribution in [2.75, 3.05) is 31.4 Å². The first-order chi connectivity index (χ1) is 14.1. The molecular formula is C22H23N5O2. The van der Waals surface area contributed by atoms with Gasteiger partial charge >= 0.3 is 0 Å². The molecule has 0 saturated carbocycles. The molecule has 0 saturated heterocycles. The van der Waals surface area contributed by atoms with E-state index in [1.807, 2.05) is 43.3 Å². The summed E-state index contributed by atoms with van der Waals surface area (Å²) in [4.78, 5) is 8.86. The standard InChI is InChI=1S/C22H23N5O2/c1-15-25-21(13-22(26-15)27-18-6-4-5-17(11-18)14-23)24-10-9-16-7-8-19(28-2)20(12-16)29-3/h4-8,11-13H,9-10H2,1-3H3,(H2,24,25,26,27). The molecule has 0 fully saturated rings. The number of benzene rings is 2. The molecule has 1 aromatic heterocycles. The summed E-state index contributed by atoms with van der Waals surface area (Å²) < 4.78 is 10.6. The van der Waals surface area contributed by atoms with E-state index in [1.165, 1.54) is 0 Å². The van der Waals surface area contributed by atoms with Crippen molar-refractivity contribution < 1.29 is 9.47 Å². The summed E-state index contributed by atoms with van der Waals surface area (Å²) in [5.74, 6) is 3.49. The van der Waals surface area contributed by atoms with Crippen molar-refractivity contribution in [1.29, 1.82) is 5.26 Å². The van der Waals surface area contributed by atoms with Crippen LogP contribution in [0.3, 0.4) is 0 Å². The summed E-state index contributed by atoms with van der Waals surface area (Å²) in [6.45, 7) is 2.55. The van der Waals surface area contributed by atoms with E-state index in [-0.39, 0.29) is 0 Å². The van der Waals surface area contributed by atoms with Crippen molar-refractivity contribution in [1.82, 2.24) is 9.97 Å². The molecular weight excluding hydrogens is 366 g/mol. The highest BCUT2D eigenvalue weighted by molar-refractivity contribution is 5.61. The van der Waals surface area contributed by atoms with Gasteiger partial charge < -0.3 is 20.1 Å². The Morgan fingerprint density at radius 1 is 0.966 bits per heavy atom. The fourth-order valence-corrected chi connectivity index (χ4v) is 2.91. The van der Waals surface area contributed by atoms with Crippen molar-refractivity contribution in [2.45, 2.75) is 13.3 Å². The van der Waals surface area contributed by atoms with Crippen LogP contribution < -0.4 is 20.1 Å². The Morgan fingerprint density at radius 2 is 1.76 bits per heavy atom. The molecule has 3 aromatic rings. The van der Waals surface area contributed by atoms with Gasteiger partial charge in [-0.25, -0.2) is 9.97 Å². The van der Waals surface area contributed by atoms with Crippen molar-refractivity contribution >= 4 is 17.3 Å². The first kappa shape index (κ1) is 20.0. The lowest BCUT2D eigenvalue weighted by Gasteiger charge is -2.12. The van der Waals surface area contributed by atoms with Crippen LogP contribution in [0.4, 0.5) is 17.3 Å². The molecule has 0 aliphatic rings. The summed E-state index contributed by atoms with van der Waals surface area (Å²) in [6.07, 6.45) is 0.802. The Labute approximate surface area is 170 Å². The number of nitrogens with zero attached hydrogens (tertiary/aromatic N) is 3. The normalized spacial score (nSPS) is 10.1. The minimum atomic E-state index is 0.592. The molecule has 7 heteroatoms. The van der Waals surface area contributed by atoms with Crippen molar-refractivity contribution in [3.63, 3.8) is 0 Å². The molecule has 1 heterocycles. The lowest BCUT2D eigenvalue weighted by atomic mass is 10.1. The van der Waals surface area contributed by atoms with E-state index in [1.54, 1.807) is 26.4 Å². The summed E-state index contributed by atoms with van der Waals surface area (Å²) in [5, 5.41) is 15.6. The number of nitrogens with one attached hydrogen (secondary N) is 2. The van der Waals surface area contributed by atoms with Crippen LogP contribution in [0.15, 0.2) is 48.5 Å². The highest BCUT2D eigenvalue weighted by atomic mass is 16.5. The highest BCUT2D eigenvalue weighted by Gasteiger charge is 2.06. The summed E-state index contributed by atoms with van der Waals surface area (Å²) >= 11 is 0. The Bertz CT molecular complexity index is 1030. The van der Waals surface area contributed by atoms with Crippen LogP contribution in [0.1, 0.15) is 17.0 Å². The van der Waals surface area contributed by atoms with Gasteiger partial charge in [0.05, 0.1) is 25.9 Å². The van der Waals surface area contributed by atoms with Gasteiger partial charge in [-0.05, 0) is 49.2 Å². The molecule has 2 aromatic carbocycles. The molecule has 0 amide bonds. The third kappa shape index (κ3) is 5.36. The van der Waals surface area contributed by atoms with E-state index in [0.29, 0.717) is 35.2 Å². The van der Waals surface area contributed by atoms with Gasteiger partial charge in [-0.1, -0.05) is 12.1 Å². The Balaban J connectivity index is 1.65. The fourth-order valence-electron chi connectivity index (χ4n) is 2.91. The number of ether oxygens (including phenoxy) is 2. The second-order valence-electron chi connectivity index (χ2n) is 6.37. The molecule has 29 heavy (non-hydrogen) atoms. The Kier molecular flexibility index (Phi) is 6.48. The third-order valence-electron chi connectivity index (χ3n) is 4.27. The van der Waals surface area contributed by atoms with Gasteiger partial charge in [-0.15, -0.1) is 0 Å². The van der Waals surface area contributed by atoms with Crippen LogP contribution in [-0.4, -0.2) is 30.7 Å². The maximum atomic E-state index is 9.04. The van der Waals surface area contributed by atoms with Crippen LogP contribution in [0.25, 0.3) is 0 Å². The molecule has 0 atom stereocenters. The number of aromatic nitrogens is 2. The average molecular weight is 389 g/mol. The van der Waals surface area contributed by atoms with Gasteiger partial charge in [-0.3, -0.25) is 0 Å². The monoisotopic (exact) mass is 389 g/mol. The molecule has 0 bridgehead atoms. The molecule has 148 valence electrons. The third-order valence-corrected chi connectivity index (χ3v) is 4.27. The minimum absolute atomic E-state index is 0.592. The lowest BCUT2D eigenvalue weighted by molar-refractivity contribution is 0.354. The van der Waals surface area contributed by atoms with Gasteiger partial charge in [0, 0.05) is 18.3 Å². The van der Waals surface area contributed by atoms with Gasteiger partial charge in [0.15, 0.2) is 11.5 Å². The van der Waals surface area contributed by atoms with Crippen molar-refractivity contribution in [3.05, 3.63) is 65.5 Å². The zero-order valence-electron chi connectivity index (χ0n) is 16.7. The van der Waals surface area contributed by atoms with Crippen LogP contribution in [0.5, 0.6) is 11.5 Å². The average Bonchev–Trinajstić information content (AvgIpc) is 2.73. The predicted octanol–water partition coefficient (Wildman–Crippen LogP) is 4.07. The Hall–Kier alpha value is -3.79. The molecule has 0 unspecified atom stereocenters.